The summed E-state index contributed by atoms with van der Waals surface area (Å²) in [5.41, 5.74) is 2.90. The van der Waals surface area contributed by atoms with E-state index in [0.29, 0.717) is 29.8 Å². The second-order valence-corrected chi connectivity index (χ2v) is 8.44. The molecule has 158 valence electrons. The number of fused-ring (bicyclic) bond motifs is 1. The first-order valence-corrected chi connectivity index (χ1v) is 10.7. The van der Waals surface area contributed by atoms with Crippen molar-refractivity contribution in [3.8, 4) is 16.8 Å². The van der Waals surface area contributed by atoms with Crippen molar-refractivity contribution in [2.75, 3.05) is 11.3 Å². The van der Waals surface area contributed by atoms with Gasteiger partial charge in [0, 0.05) is 17.5 Å². The lowest BCUT2D eigenvalue weighted by Crippen LogP contribution is -2.31. The Morgan fingerprint density at radius 3 is 2.77 bits per heavy atom. The summed E-state index contributed by atoms with van der Waals surface area (Å²) in [6.07, 6.45) is 2.13. The number of benzene rings is 2. The van der Waals surface area contributed by atoms with Crippen LogP contribution in [0.4, 0.5) is 11.5 Å². The van der Waals surface area contributed by atoms with Crippen LogP contribution in [0.2, 0.25) is 0 Å². The SMILES string of the molecule is C=CS(=O)(=O)Nc1cccc(-n2cc(-c3ccc4c(c3)CCNC4=O)c([N+](=O)[O-])n2)c1. The number of nitrogens with zero attached hydrogens (tertiary/aromatic N) is 3. The maximum absolute atomic E-state index is 12.0. The van der Waals surface area contributed by atoms with Crippen LogP contribution in [-0.4, -0.2) is 35.6 Å². The Morgan fingerprint density at radius 1 is 1.23 bits per heavy atom. The molecule has 0 unspecified atom stereocenters. The molecule has 2 N–H and O–H groups in total. The first-order chi connectivity index (χ1) is 14.8. The van der Waals surface area contributed by atoms with Crippen molar-refractivity contribution in [2.24, 2.45) is 0 Å². The standard InChI is InChI=1S/C20H17N5O5S/c1-2-31(29,30)23-15-4-3-5-16(11-15)24-12-18(19(22-24)25(27)28)13-6-7-17-14(10-13)8-9-21-20(17)26/h2-7,10-12,23H,1,8-9H2,(H,21,26). The lowest BCUT2D eigenvalue weighted by atomic mass is 9.96. The van der Waals surface area contributed by atoms with Crippen LogP contribution in [0.5, 0.6) is 0 Å². The molecular formula is C20H17N5O5S. The van der Waals surface area contributed by atoms with Gasteiger partial charge in [0.2, 0.25) is 0 Å². The summed E-state index contributed by atoms with van der Waals surface area (Å²) in [7, 11) is -3.70. The molecular weight excluding hydrogens is 422 g/mol. The monoisotopic (exact) mass is 439 g/mol. The molecule has 0 spiro atoms. The van der Waals surface area contributed by atoms with Gasteiger partial charge in [0.15, 0.2) is 0 Å². The Morgan fingerprint density at radius 2 is 2.03 bits per heavy atom. The minimum absolute atomic E-state index is 0.170. The highest BCUT2D eigenvalue weighted by atomic mass is 32.2. The van der Waals surface area contributed by atoms with Crippen molar-refractivity contribution in [1.82, 2.24) is 15.1 Å². The molecule has 0 saturated heterocycles. The molecule has 0 radical (unpaired) electrons. The maximum Gasteiger partial charge on any atom is 0.398 e. The predicted octanol–water partition coefficient (Wildman–Crippen LogP) is 2.62. The van der Waals surface area contributed by atoms with Crippen LogP contribution < -0.4 is 10.0 Å². The number of carbonyl (C=O) groups excluding carboxylic acids is 1. The number of sulfonamides is 1. The van der Waals surface area contributed by atoms with E-state index in [-0.39, 0.29) is 23.0 Å². The number of hydrogen-bond acceptors (Lipinski definition) is 6. The number of hydrogen-bond donors (Lipinski definition) is 2. The van der Waals surface area contributed by atoms with Crippen LogP contribution in [-0.2, 0) is 16.4 Å². The summed E-state index contributed by atoms with van der Waals surface area (Å²) in [4.78, 5) is 23.0. The molecule has 1 aromatic heterocycles. The largest absolute Gasteiger partial charge is 0.398 e. The molecule has 10 nitrogen and oxygen atoms in total. The summed E-state index contributed by atoms with van der Waals surface area (Å²) in [5, 5.41) is 19.3. The molecule has 0 saturated carbocycles. The van der Waals surface area contributed by atoms with Gasteiger partial charge in [-0.3, -0.25) is 9.52 Å². The van der Waals surface area contributed by atoms with E-state index in [0.717, 1.165) is 11.0 Å². The summed E-state index contributed by atoms with van der Waals surface area (Å²) < 4.78 is 27.1. The molecule has 11 heteroatoms. The molecule has 1 amide bonds. The third-order valence-electron chi connectivity index (χ3n) is 4.80. The number of nitro groups is 1. The average molecular weight is 439 g/mol. The van der Waals surface area contributed by atoms with Crippen LogP contribution >= 0.6 is 0 Å². The number of anilines is 1. The van der Waals surface area contributed by atoms with Crippen molar-refractivity contribution in [3.63, 3.8) is 0 Å². The minimum Gasteiger partial charge on any atom is -0.358 e. The van der Waals surface area contributed by atoms with E-state index >= 15 is 0 Å². The molecule has 1 aliphatic rings. The Kier molecular flexibility index (Phi) is 5.03. The fraction of sp³-hybridized carbons (Fsp3) is 0.100. The molecule has 4 rings (SSSR count). The quantitative estimate of drug-likeness (QED) is 0.448. The van der Waals surface area contributed by atoms with E-state index in [2.05, 4.69) is 21.7 Å². The molecule has 0 bridgehead atoms. The van der Waals surface area contributed by atoms with E-state index in [9.17, 15) is 23.3 Å². The Hall–Kier alpha value is -3.99. The van der Waals surface area contributed by atoms with Gasteiger partial charge in [0.1, 0.15) is 5.56 Å². The molecule has 1 aliphatic heterocycles. The minimum atomic E-state index is -3.70. The third-order valence-corrected chi connectivity index (χ3v) is 5.76. The van der Waals surface area contributed by atoms with Crippen LogP contribution in [0.3, 0.4) is 0 Å². The molecule has 0 aliphatic carbocycles. The van der Waals surface area contributed by atoms with E-state index in [1.54, 1.807) is 30.3 Å². The van der Waals surface area contributed by atoms with Gasteiger partial charge in [-0.2, -0.15) is 0 Å². The van der Waals surface area contributed by atoms with Gasteiger partial charge in [-0.15, -0.1) is 4.68 Å². The van der Waals surface area contributed by atoms with Crippen molar-refractivity contribution >= 4 is 27.4 Å². The summed E-state index contributed by atoms with van der Waals surface area (Å²) in [6, 6.07) is 11.3. The van der Waals surface area contributed by atoms with Gasteiger partial charge in [-0.25, -0.2) is 8.42 Å². The van der Waals surface area contributed by atoms with Gasteiger partial charge in [-0.1, -0.05) is 18.7 Å². The van der Waals surface area contributed by atoms with Crippen LogP contribution in [0, 0.1) is 10.1 Å². The number of nitrogens with one attached hydrogen (secondary N) is 2. The highest BCUT2D eigenvalue weighted by Gasteiger charge is 2.25. The van der Waals surface area contributed by atoms with Gasteiger partial charge in [0.25, 0.3) is 15.9 Å². The highest BCUT2D eigenvalue weighted by Crippen LogP contribution is 2.32. The van der Waals surface area contributed by atoms with Crippen molar-refractivity contribution in [2.45, 2.75) is 6.42 Å². The first kappa shape index (κ1) is 20.3. The first-order valence-electron chi connectivity index (χ1n) is 9.18. The van der Waals surface area contributed by atoms with Gasteiger partial charge >= 0.3 is 5.82 Å². The molecule has 0 fully saturated rings. The fourth-order valence-corrected chi connectivity index (χ4v) is 3.89. The summed E-state index contributed by atoms with van der Waals surface area (Å²) in [6.45, 7) is 3.75. The zero-order chi connectivity index (χ0) is 22.2. The van der Waals surface area contributed by atoms with E-state index in [4.69, 9.17) is 0 Å². The lowest BCUT2D eigenvalue weighted by molar-refractivity contribution is -0.389. The predicted molar refractivity (Wildman–Crippen MR) is 114 cm³/mol. The number of amides is 1. The fourth-order valence-electron chi connectivity index (χ4n) is 3.35. The Bertz CT molecular complexity index is 1330. The second-order valence-electron chi connectivity index (χ2n) is 6.81. The zero-order valence-electron chi connectivity index (χ0n) is 16.1. The van der Waals surface area contributed by atoms with Gasteiger partial charge in [-0.05, 0) is 52.8 Å². The van der Waals surface area contributed by atoms with Gasteiger partial charge < -0.3 is 15.4 Å². The Balaban J connectivity index is 1.77. The number of rotatable bonds is 6. The van der Waals surface area contributed by atoms with Crippen LogP contribution in [0.25, 0.3) is 16.8 Å². The second kappa shape index (κ2) is 7.69. The summed E-state index contributed by atoms with van der Waals surface area (Å²) in [5.74, 6) is -0.519. The Labute approximate surface area is 177 Å². The highest BCUT2D eigenvalue weighted by molar-refractivity contribution is 7.95. The molecule has 3 aromatic rings. The zero-order valence-corrected chi connectivity index (χ0v) is 16.9. The third kappa shape index (κ3) is 4.03. The van der Waals surface area contributed by atoms with E-state index in [1.807, 2.05) is 0 Å². The maximum atomic E-state index is 12.0. The van der Waals surface area contributed by atoms with Gasteiger partial charge in [0.05, 0.1) is 22.7 Å². The number of carbonyl (C=O) groups is 1. The molecule has 31 heavy (non-hydrogen) atoms. The molecule has 2 aromatic carbocycles. The summed E-state index contributed by atoms with van der Waals surface area (Å²) >= 11 is 0. The lowest BCUT2D eigenvalue weighted by Gasteiger charge is -2.16. The van der Waals surface area contributed by atoms with Crippen molar-refractivity contribution < 1.29 is 18.1 Å². The molecule has 0 atom stereocenters. The van der Waals surface area contributed by atoms with E-state index < -0.39 is 14.9 Å². The van der Waals surface area contributed by atoms with Crippen molar-refractivity contribution in [3.05, 3.63) is 81.9 Å². The normalized spacial score (nSPS) is 13.2. The van der Waals surface area contributed by atoms with Crippen LogP contribution in [0.15, 0.2) is 60.6 Å². The van der Waals surface area contributed by atoms with E-state index in [1.165, 1.54) is 23.0 Å². The number of aromatic nitrogens is 2. The molecule has 2 heterocycles. The smallest absolute Gasteiger partial charge is 0.358 e. The average Bonchev–Trinajstić information content (AvgIpc) is 3.20. The topological polar surface area (TPSA) is 136 Å². The van der Waals surface area contributed by atoms with Crippen molar-refractivity contribution in [1.29, 1.82) is 0 Å². The van der Waals surface area contributed by atoms with Crippen LogP contribution in [0.1, 0.15) is 15.9 Å².